The zero-order valence-corrected chi connectivity index (χ0v) is 16.9. The predicted octanol–water partition coefficient (Wildman–Crippen LogP) is -4.11. The van der Waals surface area contributed by atoms with Crippen LogP contribution in [-0.4, -0.2) is 70.8 Å². The fourth-order valence-corrected chi connectivity index (χ4v) is 4.73. The normalized spacial score (nSPS) is 14.1. The maximum atomic E-state index is 12.2. The second kappa shape index (κ2) is 9.48. The molecule has 0 saturated heterocycles. The van der Waals surface area contributed by atoms with Gasteiger partial charge in [0.25, 0.3) is 20.4 Å². The van der Waals surface area contributed by atoms with E-state index in [9.17, 15) is 33.7 Å². The number of hydrogen-bond donors (Lipinski definition) is 5. The first-order valence-electron chi connectivity index (χ1n) is 6.53. The first-order chi connectivity index (χ1) is 11.1. The minimum atomic E-state index is -4.43. The Morgan fingerprint density at radius 1 is 0.760 bits per heavy atom. The van der Waals surface area contributed by atoms with Crippen LogP contribution < -0.4 is 23.8 Å². The average Bonchev–Trinajstić information content (AvgIpc) is 2.44. The Kier molecular flexibility index (Phi) is 9.32. The van der Waals surface area contributed by atoms with Gasteiger partial charge in [-0.15, -0.1) is 9.66 Å². The zero-order chi connectivity index (χ0) is 19.9. The molecule has 0 aromatic rings. The summed E-state index contributed by atoms with van der Waals surface area (Å²) in [6, 6.07) is 0. The van der Waals surface area contributed by atoms with Crippen molar-refractivity contribution in [3.05, 3.63) is 0 Å². The maximum absolute atomic E-state index is 12.2. The quantitative estimate of drug-likeness (QED) is 0.139. The molecule has 0 aliphatic heterocycles. The third kappa shape index (κ3) is 11.0. The SMILES string of the molecule is CNS(=O)(=O)NN(NS(=O)(=O)NC)S(=O)(=O)CCCCNS(C)(=O)=O. The molecular formula is C7H22N6O8S4. The van der Waals surface area contributed by atoms with Crippen LogP contribution in [-0.2, 0) is 40.5 Å². The van der Waals surface area contributed by atoms with Crippen molar-refractivity contribution in [2.45, 2.75) is 12.8 Å². The summed E-state index contributed by atoms with van der Waals surface area (Å²) in [7, 11) is -14.6. The highest BCUT2D eigenvalue weighted by molar-refractivity contribution is 7.92. The Bertz CT molecular complexity index is 797. The third-order valence-corrected chi connectivity index (χ3v) is 6.84. The molecule has 14 nitrogen and oxygen atoms in total. The van der Waals surface area contributed by atoms with E-state index in [0.29, 0.717) is 0 Å². The Balaban J connectivity index is 5.08. The van der Waals surface area contributed by atoms with Crippen molar-refractivity contribution < 1.29 is 33.7 Å². The Labute approximate surface area is 148 Å². The van der Waals surface area contributed by atoms with Crippen LogP contribution in [0.5, 0.6) is 0 Å². The van der Waals surface area contributed by atoms with Crippen LogP contribution in [0.15, 0.2) is 0 Å². The van der Waals surface area contributed by atoms with Crippen molar-refractivity contribution in [2.24, 2.45) is 0 Å². The third-order valence-electron chi connectivity index (χ3n) is 2.42. The summed E-state index contributed by atoms with van der Waals surface area (Å²) in [5, 5.41) is 0. The van der Waals surface area contributed by atoms with Gasteiger partial charge < -0.3 is 0 Å². The number of sulfonamides is 2. The zero-order valence-electron chi connectivity index (χ0n) is 13.7. The van der Waals surface area contributed by atoms with Gasteiger partial charge in [0, 0.05) is 20.6 Å². The summed E-state index contributed by atoms with van der Waals surface area (Å²) >= 11 is 0. The van der Waals surface area contributed by atoms with Crippen LogP contribution in [0.4, 0.5) is 0 Å². The molecule has 0 aliphatic carbocycles. The summed E-state index contributed by atoms with van der Waals surface area (Å²) in [5.41, 5.74) is 0. The molecule has 0 atom stereocenters. The van der Waals surface area contributed by atoms with E-state index in [-0.39, 0.29) is 23.9 Å². The number of hydrogen-bond acceptors (Lipinski definition) is 8. The molecule has 0 unspecified atom stereocenters. The molecule has 0 spiro atoms. The second-order valence-electron chi connectivity index (χ2n) is 4.55. The van der Waals surface area contributed by atoms with E-state index in [4.69, 9.17) is 0 Å². The molecule has 18 heteroatoms. The van der Waals surface area contributed by atoms with Gasteiger partial charge in [-0.25, -0.2) is 31.0 Å². The van der Waals surface area contributed by atoms with Crippen molar-refractivity contribution >= 4 is 40.5 Å². The highest BCUT2D eigenvalue weighted by atomic mass is 32.2. The summed E-state index contributed by atoms with van der Waals surface area (Å²) in [5.74, 6) is -0.656. The van der Waals surface area contributed by atoms with E-state index >= 15 is 0 Å². The molecule has 0 aromatic carbocycles. The fraction of sp³-hybridized carbons (Fsp3) is 1.00. The molecule has 25 heavy (non-hydrogen) atoms. The van der Waals surface area contributed by atoms with Gasteiger partial charge in [0.1, 0.15) is 0 Å². The van der Waals surface area contributed by atoms with Gasteiger partial charge in [0.05, 0.1) is 12.0 Å². The summed E-state index contributed by atoms with van der Waals surface area (Å²) < 4.78 is 97.4. The van der Waals surface area contributed by atoms with Gasteiger partial charge in [-0.2, -0.15) is 16.8 Å². The molecule has 0 aliphatic rings. The molecule has 0 saturated carbocycles. The van der Waals surface area contributed by atoms with Crippen LogP contribution in [0.1, 0.15) is 12.8 Å². The van der Waals surface area contributed by atoms with E-state index in [1.165, 1.54) is 9.66 Å². The van der Waals surface area contributed by atoms with E-state index in [2.05, 4.69) is 4.72 Å². The minimum Gasteiger partial charge on any atom is -0.215 e. The molecule has 0 heterocycles. The number of nitrogens with one attached hydrogen (secondary N) is 5. The van der Waals surface area contributed by atoms with Crippen molar-refractivity contribution in [1.29, 1.82) is 0 Å². The Hall–Kier alpha value is -0.440. The first-order valence-corrected chi connectivity index (χ1v) is 13.0. The van der Waals surface area contributed by atoms with Crippen molar-refractivity contribution in [3.8, 4) is 0 Å². The first kappa shape index (κ1) is 24.6. The lowest BCUT2D eigenvalue weighted by atomic mass is 10.3. The Morgan fingerprint density at radius 2 is 1.20 bits per heavy atom. The number of rotatable bonds is 13. The van der Waals surface area contributed by atoms with E-state index < -0.39 is 46.2 Å². The molecule has 0 aromatic heterocycles. The minimum absolute atomic E-state index is 0.0289. The maximum Gasteiger partial charge on any atom is 0.291 e. The molecule has 5 N–H and O–H groups in total. The average molecular weight is 447 g/mol. The van der Waals surface area contributed by atoms with Gasteiger partial charge >= 0.3 is 0 Å². The fourth-order valence-electron chi connectivity index (χ4n) is 1.20. The van der Waals surface area contributed by atoms with Gasteiger partial charge in [-0.1, -0.05) is 0 Å². The summed E-state index contributed by atoms with van der Waals surface area (Å²) in [6.45, 7) is -0.0289. The van der Waals surface area contributed by atoms with Crippen LogP contribution >= 0.6 is 0 Å². The van der Waals surface area contributed by atoms with Gasteiger partial charge in [0.15, 0.2) is 0 Å². The van der Waals surface area contributed by atoms with Gasteiger partial charge in [0.2, 0.25) is 20.0 Å². The summed E-state index contributed by atoms with van der Waals surface area (Å²) in [4.78, 5) is 3.01. The van der Waals surface area contributed by atoms with Crippen LogP contribution in [0.25, 0.3) is 0 Å². The lowest BCUT2D eigenvalue weighted by Gasteiger charge is -2.22. The second-order valence-corrected chi connectivity index (χ2v) is 11.5. The predicted molar refractivity (Wildman–Crippen MR) is 89.9 cm³/mol. The lowest BCUT2D eigenvalue weighted by molar-refractivity contribution is 0.340. The van der Waals surface area contributed by atoms with E-state index in [0.717, 1.165) is 20.4 Å². The molecule has 0 amide bonds. The van der Waals surface area contributed by atoms with E-state index in [1.54, 1.807) is 9.44 Å². The molecule has 152 valence electrons. The largest absolute Gasteiger partial charge is 0.291 e. The lowest BCUT2D eigenvalue weighted by Crippen LogP contribution is -2.59. The summed E-state index contributed by atoms with van der Waals surface area (Å²) in [6.07, 6.45) is 0.992. The van der Waals surface area contributed by atoms with E-state index in [1.807, 2.05) is 0 Å². The van der Waals surface area contributed by atoms with Crippen molar-refractivity contribution in [1.82, 2.24) is 28.4 Å². The van der Waals surface area contributed by atoms with Crippen molar-refractivity contribution in [3.63, 3.8) is 0 Å². The highest BCUT2D eigenvalue weighted by Gasteiger charge is 2.29. The molecular weight excluding hydrogens is 424 g/mol. The smallest absolute Gasteiger partial charge is 0.215 e. The Morgan fingerprint density at radius 3 is 1.56 bits per heavy atom. The topological polar surface area (TPSA) is 200 Å². The monoisotopic (exact) mass is 446 g/mol. The molecule has 0 fully saturated rings. The molecule has 0 bridgehead atoms. The molecule has 0 radical (unpaired) electrons. The van der Waals surface area contributed by atoms with Gasteiger partial charge in [-0.3, -0.25) is 0 Å². The number of nitrogens with zero attached hydrogens (tertiary/aromatic N) is 1. The van der Waals surface area contributed by atoms with Crippen LogP contribution in [0.3, 0.4) is 0 Å². The number of hydrazine groups is 2. The van der Waals surface area contributed by atoms with Crippen molar-refractivity contribution in [2.75, 3.05) is 32.6 Å². The van der Waals surface area contributed by atoms with Gasteiger partial charge in [-0.05, 0) is 17.4 Å². The molecule has 0 rings (SSSR count). The standard InChI is InChI=1S/C7H22N6O8S4/c1-8-24(18,19)11-13(12-25(20,21)9-2)23(16,17)7-5-4-6-10-22(3,14)15/h8-12H,4-7H2,1-3H3. The number of unbranched alkanes of at least 4 members (excludes halogenated alkanes) is 1. The van der Waals surface area contributed by atoms with Crippen LogP contribution in [0.2, 0.25) is 0 Å². The van der Waals surface area contributed by atoms with Crippen LogP contribution in [0, 0.1) is 0 Å². The highest BCUT2D eigenvalue weighted by Crippen LogP contribution is 2.02.